The molecule has 0 amide bonds. The third-order valence-electron chi connectivity index (χ3n) is 4.39. The third-order valence-corrected chi connectivity index (χ3v) is 4.39. The smallest absolute Gasteiger partial charge is 0.150 e. The van der Waals surface area contributed by atoms with E-state index in [4.69, 9.17) is 0 Å². The average molecular weight is 275 g/mol. The Morgan fingerprint density at radius 2 is 1.80 bits per heavy atom. The molecule has 1 aliphatic rings. The zero-order valence-electron chi connectivity index (χ0n) is 12.5. The van der Waals surface area contributed by atoms with E-state index in [1.165, 1.54) is 6.42 Å². The van der Waals surface area contributed by atoms with E-state index in [1.54, 1.807) is 0 Å². The van der Waals surface area contributed by atoms with Crippen LogP contribution in [0.4, 0.5) is 0 Å². The van der Waals surface area contributed by atoms with Gasteiger partial charge in [-0.3, -0.25) is 4.79 Å². The predicted molar refractivity (Wildman–Crippen MR) is 81.2 cm³/mol. The summed E-state index contributed by atoms with van der Waals surface area (Å²) in [5.41, 5.74) is 1.22. The molecule has 3 heteroatoms. The summed E-state index contributed by atoms with van der Waals surface area (Å²) in [5, 5.41) is 11.1. The van der Waals surface area contributed by atoms with Gasteiger partial charge in [-0.1, -0.05) is 43.5 Å². The molecule has 1 atom stereocenters. The Morgan fingerprint density at radius 1 is 1.20 bits per heavy atom. The number of rotatable bonds is 5. The molecule has 0 heterocycles. The van der Waals surface area contributed by atoms with Gasteiger partial charge in [0, 0.05) is 18.0 Å². The molecule has 1 unspecified atom stereocenters. The van der Waals surface area contributed by atoms with Gasteiger partial charge in [-0.15, -0.1) is 0 Å². The first-order chi connectivity index (χ1) is 9.55. The molecule has 1 saturated carbocycles. The highest BCUT2D eigenvalue weighted by Crippen LogP contribution is 2.40. The zero-order chi connectivity index (χ0) is 14.6. The van der Waals surface area contributed by atoms with Gasteiger partial charge in [0.15, 0.2) is 0 Å². The fraction of sp³-hybridized carbons (Fsp3) is 0.588. The van der Waals surface area contributed by atoms with Gasteiger partial charge < -0.3 is 10.0 Å². The Balaban J connectivity index is 2.27. The highest BCUT2D eigenvalue weighted by molar-refractivity contribution is 5.74. The molecule has 0 radical (unpaired) electrons. The molecule has 2 rings (SSSR count). The second-order valence-electron chi connectivity index (χ2n) is 6.26. The molecule has 20 heavy (non-hydrogen) atoms. The Kier molecular flexibility index (Phi) is 4.95. The lowest BCUT2D eigenvalue weighted by atomic mass is 9.72. The van der Waals surface area contributed by atoms with Crippen molar-refractivity contribution in [2.75, 3.05) is 20.6 Å². The monoisotopic (exact) mass is 275 g/mol. The summed E-state index contributed by atoms with van der Waals surface area (Å²) < 4.78 is 0. The number of aliphatic hydroxyl groups is 1. The lowest BCUT2D eigenvalue weighted by Gasteiger charge is -2.40. The normalized spacial score (nSPS) is 19.8. The summed E-state index contributed by atoms with van der Waals surface area (Å²) in [6.45, 7) is 0.830. The number of likely N-dealkylation sites (N-methyl/N-ethyl adjacent to an activating group) is 1. The minimum Gasteiger partial charge on any atom is -0.389 e. The molecule has 0 aliphatic heterocycles. The van der Waals surface area contributed by atoms with E-state index < -0.39 is 5.60 Å². The van der Waals surface area contributed by atoms with Crippen LogP contribution in [0.25, 0.3) is 0 Å². The van der Waals surface area contributed by atoms with Crippen LogP contribution in [0.15, 0.2) is 24.3 Å². The Labute approximate surface area is 121 Å². The SMILES string of the molecule is CN(C)CC(c1ccc(C=O)cc1)C1(O)CCCCC1. The van der Waals surface area contributed by atoms with Gasteiger partial charge in [-0.05, 0) is 32.5 Å². The lowest BCUT2D eigenvalue weighted by molar-refractivity contribution is -0.0277. The van der Waals surface area contributed by atoms with Gasteiger partial charge in [0.1, 0.15) is 6.29 Å². The van der Waals surface area contributed by atoms with Crippen LogP contribution in [-0.4, -0.2) is 42.5 Å². The highest BCUT2D eigenvalue weighted by Gasteiger charge is 2.38. The molecule has 3 nitrogen and oxygen atoms in total. The van der Waals surface area contributed by atoms with Crippen molar-refractivity contribution in [3.63, 3.8) is 0 Å². The molecule has 1 aromatic rings. The van der Waals surface area contributed by atoms with Gasteiger partial charge >= 0.3 is 0 Å². The minimum absolute atomic E-state index is 0.110. The first-order valence-corrected chi connectivity index (χ1v) is 7.47. The van der Waals surface area contributed by atoms with E-state index in [2.05, 4.69) is 4.90 Å². The molecule has 1 N–H and O–H groups in total. The summed E-state index contributed by atoms with van der Waals surface area (Å²) in [5.74, 6) is 0.110. The first kappa shape index (κ1) is 15.2. The van der Waals surface area contributed by atoms with Crippen LogP contribution in [0.3, 0.4) is 0 Å². The van der Waals surface area contributed by atoms with Crippen molar-refractivity contribution < 1.29 is 9.90 Å². The summed E-state index contributed by atoms with van der Waals surface area (Å²) in [4.78, 5) is 12.9. The van der Waals surface area contributed by atoms with E-state index in [1.807, 2.05) is 38.4 Å². The second-order valence-corrected chi connectivity index (χ2v) is 6.26. The Morgan fingerprint density at radius 3 is 2.30 bits per heavy atom. The number of aldehydes is 1. The van der Waals surface area contributed by atoms with E-state index in [0.717, 1.165) is 44.1 Å². The Hall–Kier alpha value is -1.19. The van der Waals surface area contributed by atoms with Gasteiger partial charge in [-0.2, -0.15) is 0 Å². The molecule has 0 saturated heterocycles. The van der Waals surface area contributed by atoms with Crippen molar-refractivity contribution in [3.8, 4) is 0 Å². The van der Waals surface area contributed by atoms with E-state index in [-0.39, 0.29) is 5.92 Å². The van der Waals surface area contributed by atoms with Crippen molar-refractivity contribution in [1.29, 1.82) is 0 Å². The molecule has 1 fully saturated rings. The molecule has 1 aliphatic carbocycles. The highest BCUT2D eigenvalue weighted by atomic mass is 16.3. The summed E-state index contributed by atoms with van der Waals surface area (Å²) in [6, 6.07) is 7.67. The molecule has 0 aromatic heterocycles. The fourth-order valence-corrected chi connectivity index (χ4v) is 3.27. The minimum atomic E-state index is -0.606. The summed E-state index contributed by atoms with van der Waals surface area (Å²) in [6.07, 6.45) is 6.04. The lowest BCUT2D eigenvalue weighted by Crippen LogP contribution is -2.42. The van der Waals surface area contributed by atoms with Crippen molar-refractivity contribution in [2.24, 2.45) is 0 Å². The van der Waals surface area contributed by atoms with Gasteiger partial charge in [0.25, 0.3) is 0 Å². The summed E-state index contributed by atoms with van der Waals surface area (Å²) >= 11 is 0. The van der Waals surface area contributed by atoms with E-state index >= 15 is 0 Å². The van der Waals surface area contributed by atoms with Crippen LogP contribution in [0, 0.1) is 0 Å². The van der Waals surface area contributed by atoms with Gasteiger partial charge in [0.05, 0.1) is 5.60 Å². The van der Waals surface area contributed by atoms with Crippen molar-refractivity contribution in [2.45, 2.75) is 43.6 Å². The number of hydrogen-bond donors (Lipinski definition) is 1. The number of nitrogens with zero attached hydrogens (tertiary/aromatic N) is 1. The third kappa shape index (κ3) is 3.47. The first-order valence-electron chi connectivity index (χ1n) is 7.47. The second kappa shape index (κ2) is 6.51. The van der Waals surface area contributed by atoms with Crippen LogP contribution in [0.1, 0.15) is 53.9 Å². The van der Waals surface area contributed by atoms with Gasteiger partial charge in [-0.25, -0.2) is 0 Å². The van der Waals surface area contributed by atoms with Crippen LogP contribution < -0.4 is 0 Å². The average Bonchev–Trinajstić information content (AvgIpc) is 2.45. The van der Waals surface area contributed by atoms with Crippen LogP contribution in [0.2, 0.25) is 0 Å². The molecular formula is C17H25NO2. The fourth-order valence-electron chi connectivity index (χ4n) is 3.27. The van der Waals surface area contributed by atoms with Crippen molar-refractivity contribution >= 4 is 6.29 Å². The molecule has 110 valence electrons. The van der Waals surface area contributed by atoms with E-state index in [0.29, 0.717) is 5.56 Å². The Bertz CT molecular complexity index is 433. The standard InChI is InChI=1S/C17H25NO2/c1-18(2)12-16(17(20)10-4-3-5-11-17)15-8-6-14(13-19)7-9-15/h6-9,13,16,20H,3-5,10-12H2,1-2H3. The maximum atomic E-state index is 11.1. The maximum Gasteiger partial charge on any atom is 0.150 e. The number of carbonyl (C=O) groups is 1. The topological polar surface area (TPSA) is 40.5 Å². The largest absolute Gasteiger partial charge is 0.389 e. The van der Waals surface area contributed by atoms with Crippen LogP contribution in [0.5, 0.6) is 0 Å². The number of hydrogen-bond acceptors (Lipinski definition) is 3. The van der Waals surface area contributed by atoms with Gasteiger partial charge in [0.2, 0.25) is 0 Å². The maximum absolute atomic E-state index is 11.1. The van der Waals surface area contributed by atoms with Crippen molar-refractivity contribution in [1.82, 2.24) is 4.90 Å². The molecule has 0 spiro atoms. The van der Waals surface area contributed by atoms with Crippen molar-refractivity contribution in [3.05, 3.63) is 35.4 Å². The molecule has 1 aromatic carbocycles. The predicted octanol–water partition coefficient (Wildman–Crippen LogP) is 2.84. The molecular weight excluding hydrogens is 250 g/mol. The number of carbonyl (C=O) groups excluding carboxylic acids is 1. The zero-order valence-corrected chi connectivity index (χ0v) is 12.5. The quantitative estimate of drug-likeness (QED) is 0.840. The van der Waals surface area contributed by atoms with E-state index in [9.17, 15) is 9.90 Å². The van der Waals surface area contributed by atoms with Crippen LogP contribution in [-0.2, 0) is 0 Å². The molecule has 0 bridgehead atoms. The number of benzene rings is 1. The summed E-state index contributed by atoms with van der Waals surface area (Å²) in [7, 11) is 4.08. The van der Waals surface area contributed by atoms with Crippen LogP contribution >= 0.6 is 0 Å².